The minimum absolute atomic E-state index is 0.361. The number of hydrogen-bond acceptors (Lipinski definition) is 3. The van der Waals surface area contributed by atoms with Gasteiger partial charge in [-0.3, -0.25) is 4.98 Å². The van der Waals surface area contributed by atoms with E-state index in [1.54, 1.807) is 0 Å². The van der Waals surface area contributed by atoms with E-state index in [4.69, 9.17) is 5.73 Å². The number of pyridine rings is 1. The SMILES string of the molecule is Cc1ncccc1CNC(C)CN. The van der Waals surface area contributed by atoms with Crippen molar-refractivity contribution < 1.29 is 0 Å². The van der Waals surface area contributed by atoms with Gasteiger partial charge in [-0.2, -0.15) is 0 Å². The molecule has 1 heterocycles. The molecule has 1 rings (SSSR count). The van der Waals surface area contributed by atoms with Gasteiger partial charge in [0.05, 0.1) is 0 Å². The number of nitrogens with two attached hydrogens (primary N) is 1. The summed E-state index contributed by atoms with van der Waals surface area (Å²) in [6.07, 6.45) is 1.81. The number of hydrogen-bond donors (Lipinski definition) is 2. The van der Waals surface area contributed by atoms with Gasteiger partial charge in [0.2, 0.25) is 0 Å². The van der Waals surface area contributed by atoms with E-state index >= 15 is 0 Å². The van der Waals surface area contributed by atoms with Gasteiger partial charge in [0.1, 0.15) is 0 Å². The summed E-state index contributed by atoms with van der Waals surface area (Å²) in [5, 5.41) is 3.32. The van der Waals surface area contributed by atoms with Crippen LogP contribution in [0.2, 0.25) is 0 Å². The third-order valence-electron chi connectivity index (χ3n) is 2.11. The molecule has 1 atom stereocenters. The van der Waals surface area contributed by atoms with Crippen molar-refractivity contribution in [3.63, 3.8) is 0 Å². The Morgan fingerprint density at radius 2 is 2.38 bits per heavy atom. The van der Waals surface area contributed by atoms with E-state index in [2.05, 4.69) is 23.3 Å². The average Bonchev–Trinajstić information content (AvgIpc) is 2.16. The van der Waals surface area contributed by atoms with Crippen molar-refractivity contribution in [3.05, 3.63) is 29.6 Å². The van der Waals surface area contributed by atoms with E-state index in [1.165, 1.54) is 5.56 Å². The van der Waals surface area contributed by atoms with Crippen LogP contribution in [-0.2, 0) is 6.54 Å². The van der Waals surface area contributed by atoms with Crippen LogP contribution in [0.4, 0.5) is 0 Å². The average molecular weight is 179 g/mol. The highest BCUT2D eigenvalue weighted by atomic mass is 14.9. The molecule has 0 spiro atoms. The first-order chi connectivity index (χ1) is 6.24. The van der Waals surface area contributed by atoms with E-state index in [0.717, 1.165) is 12.2 Å². The van der Waals surface area contributed by atoms with Crippen molar-refractivity contribution in [2.75, 3.05) is 6.54 Å². The van der Waals surface area contributed by atoms with Crippen molar-refractivity contribution in [2.45, 2.75) is 26.4 Å². The maximum Gasteiger partial charge on any atom is 0.0417 e. The summed E-state index contributed by atoms with van der Waals surface area (Å²) in [6, 6.07) is 4.40. The second kappa shape index (κ2) is 4.94. The zero-order valence-electron chi connectivity index (χ0n) is 8.25. The Bertz CT molecular complexity index is 260. The van der Waals surface area contributed by atoms with Crippen molar-refractivity contribution in [1.82, 2.24) is 10.3 Å². The van der Waals surface area contributed by atoms with Gasteiger partial charge in [-0.15, -0.1) is 0 Å². The fourth-order valence-corrected chi connectivity index (χ4v) is 1.07. The summed E-state index contributed by atoms with van der Waals surface area (Å²) in [5.74, 6) is 0. The Morgan fingerprint density at radius 1 is 1.62 bits per heavy atom. The maximum absolute atomic E-state index is 5.50. The smallest absolute Gasteiger partial charge is 0.0417 e. The lowest BCUT2D eigenvalue weighted by atomic mass is 10.2. The lowest BCUT2D eigenvalue weighted by molar-refractivity contribution is 0.554. The topological polar surface area (TPSA) is 50.9 Å². The fraction of sp³-hybridized carbons (Fsp3) is 0.500. The van der Waals surface area contributed by atoms with Crippen LogP contribution >= 0.6 is 0 Å². The van der Waals surface area contributed by atoms with Crippen LogP contribution in [0.25, 0.3) is 0 Å². The number of aromatic nitrogens is 1. The molecule has 3 N–H and O–H groups in total. The Labute approximate surface area is 79.4 Å². The van der Waals surface area contributed by atoms with Gasteiger partial charge in [-0.25, -0.2) is 0 Å². The molecule has 1 aromatic heterocycles. The molecule has 0 radical (unpaired) electrons. The maximum atomic E-state index is 5.50. The fourth-order valence-electron chi connectivity index (χ4n) is 1.07. The molecule has 0 fully saturated rings. The molecule has 0 saturated heterocycles. The van der Waals surface area contributed by atoms with Crippen molar-refractivity contribution in [3.8, 4) is 0 Å². The predicted molar refractivity (Wildman–Crippen MR) is 54.3 cm³/mol. The lowest BCUT2D eigenvalue weighted by Crippen LogP contribution is -2.32. The summed E-state index contributed by atoms with van der Waals surface area (Å²) in [4.78, 5) is 4.21. The molecule has 3 heteroatoms. The number of nitrogens with zero attached hydrogens (tertiary/aromatic N) is 1. The minimum atomic E-state index is 0.361. The molecule has 0 aliphatic heterocycles. The molecular weight excluding hydrogens is 162 g/mol. The van der Waals surface area contributed by atoms with Gasteiger partial charge in [0.15, 0.2) is 0 Å². The first-order valence-corrected chi connectivity index (χ1v) is 4.58. The second-order valence-corrected chi connectivity index (χ2v) is 3.27. The molecule has 0 aliphatic carbocycles. The Balaban J connectivity index is 2.50. The number of nitrogens with one attached hydrogen (secondary N) is 1. The van der Waals surface area contributed by atoms with Gasteiger partial charge < -0.3 is 11.1 Å². The molecule has 1 aromatic rings. The lowest BCUT2D eigenvalue weighted by Gasteiger charge is -2.11. The summed E-state index contributed by atoms with van der Waals surface area (Å²) in [7, 11) is 0. The molecule has 1 unspecified atom stereocenters. The Kier molecular flexibility index (Phi) is 3.86. The van der Waals surface area contributed by atoms with E-state index in [0.29, 0.717) is 12.6 Å². The van der Waals surface area contributed by atoms with Crippen LogP contribution in [0.5, 0.6) is 0 Å². The molecule has 0 amide bonds. The summed E-state index contributed by atoms with van der Waals surface area (Å²) in [6.45, 7) is 5.60. The molecule has 13 heavy (non-hydrogen) atoms. The first-order valence-electron chi connectivity index (χ1n) is 4.58. The Hall–Kier alpha value is -0.930. The van der Waals surface area contributed by atoms with Gasteiger partial charge in [0, 0.05) is 31.0 Å². The standard InChI is InChI=1S/C10H17N3/c1-8(6-11)13-7-10-4-3-5-12-9(10)2/h3-5,8,13H,6-7,11H2,1-2H3. The van der Waals surface area contributed by atoms with Crippen LogP contribution in [0.3, 0.4) is 0 Å². The van der Waals surface area contributed by atoms with Crippen molar-refractivity contribution >= 4 is 0 Å². The number of rotatable bonds is 4. The summed E-state index contributed by atoms with van der Waals surface area (Å²) in [5.41, 5.74) is 7.82. The summed E-state index contributed by atoms with van der Waals surface area (Å²) >= 11 is 0. The van der Waals surface area contributed by atoms with E-state index in [-0.39, 0.29) is 0 Å². The highest BCUT2D eigenvalue weighted by Gasteiger charge is 2.00. The zero-order chi connectivity index (χ0) is 9.68. The predicted octanol–water partition coefficient (Wildman–Crippen LogP) is 0.827. The molecule has 0 aromatic carbocycles. The molecule has 3 nitrogen and oxygen atoms in total. The highest BCUT2D eigenvalue weighted by molar-refractivity contribution is 5.17. The van der Waals surface area contributed by atoms with Crippen LogP contribution in [-0.4, -0.2) is 17.6 Å². The minimum Gasteiger partial charge on any atom is -0.329 e. The number of aryl methyl sites for hydroxylation is 1. The zero-order valence-corrected chi connectivity index (χ0v) is 8.25. The molecule has 0 saturated carbocycles. The summed E-state index contributed by atoms with van der Waals surface area (Å²) < 4.78 is 0. The highest BCUT2D eigenvalue weighted by Crippen LogP contribution is 2.02. The molecular formula is C10H17N3. The van der Waals surface area contributed by atoms with Crippen molar-refractivity contribution in [1.29, 1.82) is 0 Å². The van der Waals surface area contributed by atoms with E-state index in [1.807, 2.05) is 19.2 Å². The van der Waals surface area contributed by atoms with Crippen LogP contribution in [0.15, 0.2) is 18.3 Å². The van der Waals surface area contributed by atoms with Crippen LogP contribution in [0, 0.1) is 6.92 Å². The normalized spacial score (nSPS) is 12.8. The van der Waals surface area contributed by atoms with E-state index < -0.39 is 0 Å². The van der Waals surface area contributed by atoms with Crippen LogP contribution < -0.4 is 11.1 Å². The third kappa shape index (κ3) is 3.13. The first kappa shape index (κ1) is 10.2. The molecule has 0 aliphatic rings. The van der Waals surface area contributed by atoms with Gasteiger partial charge in [-0.05, 0) is 25.5 Å². The van der Waals surface area contributed by atoms with Gasteiger partial charge in [0.25, 0.3) is 0 Å². The van der Waals surface area contributed by atoms with Crippen LogP contribution in [0.1, 0.15) is 18.2 Å². The Morgan fingerprint density at radius 3 is 3.00 bits per heavy atom. The quantitative estimate of drug-likeness (QED) is 0.719. The molecule has 0 bridgehead atoms. The molecule has 72 valence electrons. The monoisotopic (exact) mass is 179 g/mol. The van der Waals surface area contributed by atoms with Gasteiger partial charge in [-0.1, -0.05) is 6.07 Å². The van der Waals surface area contributed by atoms with Crippen molar-refractivity contribution in [2.24, 2.45) is 5.73 Å². The second-order valence-electron chi connectivity index (χ2n) is 3.27. The largest absolute Gasteiger partial charge is 0.329 e. The third-order valence-corrected chi connectivity index (χ3v) is 2.11. The van der Waals surface area contributed by atoms with Gasteiger partial charge >= 0.3 is 0 Å². The van der Waals surface area contributed by atoms with E-state index in [9.17, 15) is 0 Å².